The van der Waals surface area contributed by atoms with Crippen LogP contribution in [0.25, 0.3) is 0 Å². The molecule has 0 aromatic heterocycles. The maximum Gasteiger partial charge on any atom is 0.259 e. The van der Waals surface area contributed by atoms with Gasteiger partial charge in [0.2, 0.25) is 4.87 Å². The average Bonchev–Trinajstić information content (AvgIpc) is 2.25. The number of fused-ring (bicyclic) bond motifs is 1. The van der Waals surface area contributed by atoms with Crippen LogP contribution in [0.3, 0.4) is 0 Å². The van der Waals surface area contributed by atoms with Gasteiger partial charge in [-0.2, -0.15) is 0 Å². The molecule has 0 radical (unpaired) electrons. The van der Waals surface area contributed by atoms with Gasteiger partial charge in [-0.1, -0.05) is 32.4 Å². The summed E-state index contributed by atoms with van der Waals surface area (Å²) in [5.74, 6) is 0.356. The summed E-state index contributed by atoms with van der Waals surface area (Å²) >= 11 is 7.88. The van der Waals surface area contributed by atoms with Crippen LogP contribution in [-0.2, 0) is 9.59 Å². The maximum absolute atomic E-state index is 12.3. The molecule has 0 bridgehead atoms. The number of thioether (sulfide) groups is 1. The van der Waals surface area contributed by atoms with Crippen molar-refractivity contribution >= 4 is 35.1 Å². The standard InChI is InChI=1S/C12H16ClNO2S/c1-7-5-14-9(16)12(13,10(14)17-6-7)8(15)11(2,3)4/h5,10H,6H2,1-4H3/t10-,12-/m0/s1. The number of amides is 1. The number of halogens is 1. The predicted molar refractivity (Wildman–Crippen MR) is 69.9 cm³/mol. The van der Waals surface area contributed by atoms with Gasteiger partial charge < -0.3 is 4.90 Å². The second kappa shape index (κ2) is 3.75. The van der Waals surface area contributed by atoms with Crippen LogP contribution < -0.4 is 0 Å². The summed E-state index contributed by atoms with van der Waals surface area (Å²) in [6.45, 7) is 7.36. The van der Waals surface area contributed by atoms with Gasteiger partial charge in [0.25, 0.3) is 5.91 Å². The van der Waals surface area contributed by atoms with Gasteiger partial charge in [-0.15, -0.1) is 11.8 Å². The fourth-order valence-corrected chi connectivity index (χ4v) is 4.01. The molecular weight excluding hydrogens is 258 g/mol. The highest BCUT2D eigenvalue weighted by Gasteiger charge is 2.66. The first kappa shape index (κ1) is 13.0. The number of carbonyl (C=O) groups is 2. The van der Waals surface area contributed by atoms with Crippen molar-refractivity contribution in [2.75, 3.05) is 5.75 Å². The van der Waals surface area contributed by atoms with Crippen molar-refractivity contribution in [1.29, 1.82) is 0 Å². The number of hydrogen-bond donors (Lipinski definition) is 0. The van der Waals surface area contributed by atoms with E-state index in [0.717, 1.165) is 11.3 Å². The molecule has 3 nitrogen and oxygen atoms in total. The number of β-lactam (4-membered cyclic amide) rings is 1. The molecule has 0 N–H and O–H groups in total. The maximum atomic E-state index is 12.3. The Labute approximate surface area is 111 Å². The van der Waals surface area contributed by atoms with E-state index in [4.69, 9.17) is 11.6 Å². The molecule has 1 fully saturated rings. The van der Waals surface area contributed by atoms with Crippen LogP contribution in [0.1, 0.15) is 27.7 Å². The van der Waals surface area contributed by atoms with Gasteiger partial charge in [-0.05, 0) is 12.5 Å². The first-order chi connectivity index (χ1) is 7.69. The normalized spacial score (nSPS) is 32.8. The van der Waals surface area contributed by atoms with Crippen LogP contribution in [0.5, 0.6) is 0 Å². The molecule has 2 atom stereocenters. The minimum atomic E-state index is -1.36. The van der Waals surface area contributed by atoms with Gasteiger partial charge in [0.05, 0.1) is 0 Å². The van der Waals surface area contributed by atoms with Gasteiger partial charge in [0, 0.05) is 17.4 Å². The van der Waals surface area contributed by atoms with Gasteiger partial charge in [-0.3, -0.25) is 9.59 Å². The highest BCUT2D eigenvalue weighted by molar-refractivity contribution is 8.00. The van der Waals surface area contributed by atoms with Crippen LogP contribution in [0, 0.1) is 5.41 Å². The molecule has 5 heteroatoms. The van der Waals surface area contributed by atoms with Crippen molar-refractivity contribution in [3.63, 3.8) is 0 Å². The second-order valence-corrected chi connectivity index (χ2v) is 7.31. The van der Waals surface area contributed by atoms with E-state index in [1.807, 2.05) is 6.92 Å². The van der Waals surface area contributed by atoms with Crippen molar-refractivity contribution in [3.8, 4) is 0 Å². The topological polar surface area (TPSA) is 37.4 Å². The Morgan fingerprint density at radius 1 is 1.59 bits per heavy atom. The zero-order valence-electron chi connectivity index (χ0n) is 10.4. The zero-order valence-corrected chi connectivity index (χ0v) is 12.0. The SMILES string of the molecule is CC1=CN2C(=O)[C@@](Cl)(C(=O)C(C)(C)C)[C@@H]2SC1. The van der Waals surface area contributed by atoms with Crippen LogP contribution in [-0.4, -0.2) is 32.6 Å². The molecule has 1 saturated heterocycles. The molecule has 0 unspecified atom stereocenters. The Bertz CT molecular complexity index is 427. The predicted octanol–water partition coefficient (Wildman–Crippen LogP) is 2.40. The summed E-state index contributed by atoms with van der Waals surface area (Å²) in [6, 6.07) is 0. The lowest BCUT2D eigenvalue weighted by Gasteiger charge is -2.53. The number of alkyl halides is 1. The van der Waals surface area contributed by atoms with E-state index in [-0.39, 0.29) is 17.1 Å². The Morgan fingerprint density at radius 3 is 2.71 bits per heavy atom. The van der Waals surface area contributed by atoms with Crippen LogP contribution in [0.4, 0.5) is 0 Å². The first-order valence-electron chi connectivity index (χ1n) is 5.54. The number of carbonyl (C=O) groups excluding carboxylic acids is 2. The fourth-order valence-electron chi connectivity index (χ4n) is 2.09. The molecular formula is C12H16ClNO2S. The summed E-state index contributed by atoms with van der Waals surface area (Å²) in [5, 5.41) is -0.243. The van der Waals surface area contributed by atoms with Crippen molar-refractivity contribution < 1.29 is 9.59 Å². The molecule has 0 spiro atoms. The van der Waals surface area contributed by atoms with E-state index in [1.54, 1.807) is 43.6 Å². The highest BCUT2D eigenvalue weighted by atomic mass is 35.5. The van der Waals surface area contributed by atoms with Gasteiger partial charge >= 0.3 is 0 Å². The third-order valence-electron chi connectivity index (χ3n) is 2.98. The van der Waals surface area contributed by atoms with E-state index in [1.165, 1.54) is 0 Å². The van der Waals surface area contributed by atoms with Gasteiger partial charge in [0.15, 0.2) is 5.78 Å². The van der Waals surface area contributed by atoms with Crippen LogP contribution in [0.2, 0.25) is 0 Å². The van der Waals surface area contributed by atoms with Gasteiger partial charge in [0.1, 0.15) is 5.37 Å². The monoisotopic (exact) mass is 273 g/mol. The minimum Gasteiger partial charge on any atom is -0.302 e. The third kappa shape index (κ3) is 1.73. The number of Topliss-reactive ketones (excluding diaryl/α,β-unsaturated/α-hetero) is 1. The van der Waals surface area contributed by atoms with E-state index in [0.29, 0.717) is 0 Å². The quantitative estimate of drug-likeness (QED) is 0.418. The molecule has 17 heavy (non-hydrogen) atoms. The number of ketones is 1. The molecule has 2 rings (SSSR count). The van der Waals surface area contributed by atoms with E-state index in [2.05, 4.69) is 0 Å². The van der Waals surface area contributed by atoms with Crippen LogP contribution in [0.15, 0.2) is 11.8 Å². The van der Waals surface area contributed by atoms with Crippen molar-refractivity contribution in [1.82, 2.24) is 4.90 Å². The lowest BCUT2D eigenvalue weighted by atomic mass is 9.78. The molecule has 0 aromatic carbocycles. The van der Waals surface area contributed by atoms with Crippen molar-refractivity contribution in [2.24, 2.45) is 5.41 Å². The van der Waals surface area contributed by atoms with Crippen molar-refractivity contribution in [3.05, 3.63) is 11.8 Å². The highest BCUT2D eigenvalue weighted by Crippen LogP contribution is 2.49. The molecule has 2 aliphatic rings. The Morgan fingerprint density at radius 2 is 2.18 bits per heavy atom. The molecule has 0 saturated carbocycles. The molecule has 2 aliphatic heterocycles. The van der Waals surface area contributed by atoms with E-state index < -0.39 is 10.3 Å². The lowest BCUT2D eigenvalue weighted by molar-refractivity contribution is -0.152. The smallest absolute Gasteiger partial charge is 0.259 e. The number of rotatable bonds is 1. The first-order valence-corrected chi connectivity index (χ1v) is 6.97. The Hall–Kier alpha value is -0.480. The van der Waals surface area contributed by atoms with E-state index >= 15 is 0 Å². The molecule has 94 valence electrons. The number of hydrogen-bond acceptors (Lipinski definition) is 3. The second-order valence-electron chi connectivity index (χ2n) is 5.64. The average molecular weight is 274 g/mol. The molecule has 0 aliphatic carbocycles. The zero-order chi connectivity index (χ0) is 13.0. The molecule has 0 aromatic rings. The largest absolute Gasteiger partial charge is 0.302 e. The summed E-state index contributed by atoms with van der Waals surface area (Å²) in [4.78, 5) is 24.6. The summed E-state index contributed by atoms with van der Waals surface area (Å²) in [6.07, 6.45) is 1.81. The molecule has 1 amide bonds. The lowest BCUT2D eigenvalue weighted by Crippen LogP contribution is -2.73. The minimum absolute atomic E-state index is 0.182. The van der Waals surface area contributed by atoms with Crippen LogP contribution >= 0.6 is 23.4 Å². The molecule has 2 heterocycles. The Balaban J connectivity index is 2.31. The van der Waals surface area contributed by atoms with E-state index in [9.17, 15) is 9.59 Å². The number of nitrogens with zero attached hydrogens (tertiary/aromatic N) is 1. The Kier molecular flexibility index (Phi) is 2.86. The van der Waals surface area contributed by atoms with Gasteiger partial charge in [-0.25, -0.2) is 0 Å². The summed E-state index contributed by atoms with van der Waals surface area (Å²) < 4.78 is 0. The fraction of sp³-hybridized carbons (Fsp3) is 0.667. The third-order valence-corrected chi connectivity index (χ3v) is 5.17. The summed E-state index contributed by atoms with van der Waals surface area (Å²) in [7, 11) is 0. The summed E-state index contributed by atoms with van der Waals surface area (Å²) in [5.41, 5.74) is 0.529. The van der Waals surface area contributed by atoms with Crippen molar-refractivity contribution in [2.45, 2.75) is 37.9 Å².